The Balaban J connectivity index is 2.36. The van der Waals surface area contributed by atoms with E-state index >= 15 is 0 Å². The molecule has 0 amide bonds. The van der Waals surface area contributed by atoms with E-state index < -0.39 is 12.0 Å². The number of hydrogen-bond donors (Lipinski definition) is 2. The number of nitrogens with one attached hydrogen (secondary N) is 1. The van der Waals surface area contributed by atoms with Gasteiger partial charge >= 0.3 is 5.97 Å². The van der Waals surface area contributed by atoms with Crippen LogP contribution in [0.5, 0.6) is 0 Å². The lowest BCUT2D eigenvalue weighted by Crippen LogP contribution is -2.42. The smallest absolute Gasteiger partial charge is 0.320 e. The lowest BCUT2D eigenvalue weighted by Gasteiger charge is -2.28. The molecule has 100 valence electrons. The van der Waals surface area contributed by atoms with Crippen LogP contribution in [0.2, 0.25) is 0 Å². The number of aliphatic carboxylic acids is 1. The molecule has 0 heterocycles. The molecule has 4 heteroatoms. The van der Waals surface area contributed by atoms with Crippen molar-refractivity contribution in [2.24, 2.45) is 0 Å². The second-order valence-corrected chi connectivity index (χ2v) is 4.80. The van der Waals surface area contributed by atoms with Crippen LogP contribution in [0.1, 0.15) is 46.0 Å². The van der Waals surface area contributed by atoms with Crippen LogP contribution >= 0.6 is 0 Å². The molecule has 0 aromatic carbocycles. The van der Waals surface area contributed by atoms with Crippen LogP contribution in [-0.2, 0) is 4.79 Å². The van der Waals surface area contributed by atoms with Crippen LogP contribution in [-0.4, -0.2) is 47.7 Å². The molecular weight excluding hydrogens is 216 g/mol. The van der Waals surface area contributed by atoms with E-state index in [1.807, 2.05) is 6.92 Å². The van der Waals surface area contributed by atoms with Crippen LogP contribution in [0.3, 0.4) is 0 Å². The first-order valence-corrected chi connectivity index (χ1v) is 6.89. The molecular formula is C13H26N2O2. The summed E-state index contributed by atoms with van der Waals surface area (Å²) < 4.78 is 0. The molecule has 1 fully saturated rings. The summed E-state index contributed by atoms with van der Waals surface area (Å²) in [7, 11) is 0. The molecule has 17 heavy (non-hydrogen) atoms. The van der Waals surface area contributed by atoms with Crippen LogP contribution in [0.15, 0.2) is 0 Å². The quantitative estimate of drug-likeness (QED) is 0.680. The third-order valence-corrected chi connectivity index (χ3v) is 3.70. The summed E-state index contributed by atoms with van der Waals surface area (Å²) in [5.41, 5.74) is 0. The summed E-state index contributed by atoms with van der Waals surface area (Å²) in [5.74, 6) is -0.727. The molecule has 0 bridgehead atoms. The van der Waals surface area contributed by atoms with E-state index in [2.05, 4.69) is 17.1 Å². The maximum Gasteiger partial charge on any atom is 0.320 e. The highest BCUT2D eigenvalue weighted by Gasteiger charge is 2.23. The first kappa shape index (κ1) is 14.5. The molecule has 0 aromatic rings. The van der Waals surface area contributed by atoms with E-state index in [9.17, 15) is 4.79 Å². The van der Waals surface area contributed by atoms with E-state index in [0.717, 1.165) is 13.1 Å². The number of rotatable bonds is 8. The summed E-state index contributed by atoms with van der Waals surface area (Å²) in [6.45, 7) is 6.76. The van der Waals surface area contributed by atoms with Crippen molar-refractivity contribution < 1.29 is 9.90 Å². The molecule has 1 rings (SSSR count). The number of hydrogen-bond acceptors (Lipinski definition) is 3. The third kappa shape index (κ3) is 4.64. The number of carboxylic acid groups (broad SMARTS) is 1. The fraction of sp³-hybridized carbons (Fsp3) is 0.923. The topological polar surface area (TPSA) is 52.6 Å². The molecule has 0 spiro atoms. The number of carboxylic acids is 1. The molecule has 0 saturated heterocycles. The van der Waals surface area contributed by atoms with Gasteiger partial charge in [0.1, 0.15) is 6.04 Å². The van der Waals surface area contributed by atoms with Gasteiger partial charge in [-0.3, -0.25) is 4.79 Å². The van der Waals surface area contributed by atoms with Crippen LogP contribution < -0.4 is 5.32 Å². The Morgan fingerprint density at radius 1 is 1.41 bits per heavy atom. The van der Waals surface area contributed by atoms with E-state index in [-0.39, 0.29) is 0 Å². The van der Waals surface area contributed by atoms with Gasteiger partial charge in [0.05, 0.1) is 0 Å². The fourth-order valence-electron chi connectivity index (χ4n) is 2.72. The van der Waals surface area contributed by atoms with Gasteiger partial charge in [-0.25, -0.2) is 0 Å². The molecule has 0 aromatic heterocycles. The van der Waals surface area contributed by atoms with Gasteiger partial charge in [-0.2, -0.15) is 0 Å². The van der Waals surface area contributed by atoms with Crippen molar-refractivity contribution in [1.29, 1.82) is 0 Å². The largest absolute Gasteiger partial charge is 0.480 e. The van der Waals surface area contributed by atoms with Crippen LogP contribution in [0, 0.1) is 0 Å². The number of carbonyl (C=O) groups is 1. The van der Waals surface area contributed by atoms with Crippen molar-refractivity contribution in [1.82, 2.24) is 10.2 Å². The van der Waals surface area contributed by atoms with Crippen molar-refractivity contribution in [3.63, 3.8) is 0 Å². The Hall–Kier alpha value is -0.610. The predicted octanol–water partition coefficient (Wildman–Crippen LogP) is 1.70. The average molecular weight is 242 g/mol. The summed E-state index contributed by atoms with van der Waals surface area (Å²) in [6, 6.07) is 0.298. The highest BCUT2D eigenvalue weighted by atomic mass is 16.4. The lowest BCUT2D eigenvalue weighted by atomic mass is 10.1. The molecule has 1 unspecified atom stereocenters. The summed E-state index contributed by atoms with van der Waals surface area (Å²) in [5, 5.41) is 12.1. The van der Waals surface area contributed by atoms with Crippen LogP contribution in [0.4, 0.5) is 0 Å². The first-order chi connectivity index (χ1) is 8.19. The Morgan fingerprint density at radius 2 is 2.06 bits per heavy atom. The Morgan fingerprint density at radius 3 is 2.53 bits per heavy atom. The molecule has 1 atom stereocenters. The molecule has 4 nitrogen and oxygen atoms in total. The van der Waals surface area contributed by atoms with Crippen molar-refractivity contribution in [3.8, 4) is 0 Å². The molecule has 0 radical (unpaired) electrons. The molecule has 1 aliphatic rings. The van der Waals surface area contributed by atoms with Gasteiger partial charge in [0.15, 0.2) is 0 Å². The van der Waals surface area contributed by atoms with Crippen molar-refractivity contribution in [2.45, 2.75) is 58.0 Å². The maximum absolute atomic E-state index is 11.0. The van der Waals surface area contributed by atoms with E-state index in [1.165, 1.54) is 25.7 Å². The zero-order valence-corrected chi connectivity index (χ0v) is 11.1. The van der Waals surface area contributed by atoms with Gasteiger partial charge in [-0.15, -0.1) is 0 Å². The molecule has 1 aliphatic carbocycles. The van der Waals surface area contributed by atoms with Gasteiger partial charge in [-0.1, -0.05) is 26.7 Å². The third-order valence-electron chi connectivity index (χ3n) is 3.70. The zero-order chi connectivity index (χ0) is 12.7. The van der Waals surface area contributed by atoms with Gasteiger partial charge in [0.2, 0.25) is 0 Å². The maximum atomic E-state index is 11.0. The predicted molar refractivity (Wildman–Crippen MR) is 69.2 cm³/mol. The summed E-state index contributed by atoms with van der Waals surface area (Å²) in [6.07, 6.45) is 5.93. The van der Waals surface area contributed by atoms with Crippen LogP contribution in [0.25, 0.3) is 0 Å². The van der Waals surface area contributed by atoms with Crippen molar-refractivity contribution in [2.75, 3.05) is 19.6 Å². The minimum Gasteiger partial charge on any atom is -0.480 e. The normalized spacial score (nSPS) is 18.8. The van der Waals surface area contributed by atoms with E-state index in [1.54, 1.807) is 0 Å². The highest BCUT2D eigenvalue weighted by molar-refractivity contribution is 5.73. The Bertz CT molecular complexity index is 227. The second kappa shape index (κ2) is 7.67. The van der Waals surface area contributed by atoms with Gasteiger partial charge in [0, 0.05) is 12.6 Å². The average Bonchev–Trinajstić information content (AvgIpc) is 2.82. The zero-order valence-electron chi connectivity index (χ0n) is 11.1. The SMILES string of the molecule is CCNC(CCN(CC)C1CCCC1)C(=O)O. The standard InChI is InChI=1S/C13H26N2O2/c1-3-14-12(13(16)17)9-10-15(4-2)11-7-5-6-8-11/h11-12,14H,3-10H2,1-2H3,(H,16,17). The minimum absolute atomic E-state index is 0.393. The first-order valence-electron chi connectivity index (χ1n) is 6.89. The fourth-order valence-corrected chi connectivity index (χ4v) is 2.72. The van der Waals surface area contributed by atoms with Gasteiger partial charge < -0.3 is 15.3 Å². The Labute approximate surface area is 104 Å². The number of nitrogens with zero attached hydrogens (tertiary/aromatic N) is 1. The molecule has 0 aliphatic heterocycles. The molecule has 2 N–H and O–H groups in total. The second-order valence-electron chi connectivity index (χ2n) is 4.80. The monoisotopic (exact) mass is 242 g/mol. The van der Waals surface area contributed by atoms with Crippen molar-refractivity contribution >= 4 is 5.97 Å². The van der Waals surface area contributed by atoms with E-state index in [4.69, 9.17) is 5.11 Å². The minimum atomic E-state index is -0.727. The van der Waals surface area contributed by atoms with Crippen molar-refractivity contribution in [3.05, 3.63) is 0 Å². The van der Waals surface area contributed by atoms with Gasteiger partial charge in [0.25, 0.3) is 0 Å². The Kier molecular flexibility index (Phi) is 6.52. The van der Waals surface area contributed by atoms with E-state index in [0.29, 0.717) is 19.0 Å². The summed E-state index contributed by atoms with van der Waals surface area (Å²) >= 11 is 0. The number of likely N-dealkylation sites (N-methyl/N-ethyl adjacent to an activating group) is 1. The van der Waals surface area contributed by atoms with Gasteiger partial charge in [-0.05, 0) is 32.4 Å². The highest BCUT2D eigenvalue weighted by Crippen LogP contribution is 2.23. The molecule has 1 saturated carbocycles. The summed E-state index contributed by atoms with van der Waals surface area (Å²) in [4.78, 5) is 13.5. The lowest BCUT2D eigenvalue weighted by molar-refractivity contribution is -0.139.